The molecule has 0 N–H and O–H groups in total. The molecule has 2 heterocycles. The summed E-state index contributed by atoms with van der Waals surface area (Å²) in [4.78, 5) is 8.24. The van der Waals surface area contributed by atoms with Crippen molar-refractivity contribution in [1.82, 2.24) is 29.5 Å². The Morgan fingerprint density at radius 3 is 0.978 bits per heavy atom. The van der Waals surface area contributed by atoms with Crippen LogP contribution in [0.4, 0.5) is 17.6 Å². The third kappa shape index (κ3) is 7.38. The lowest BCUT2D eigenvalue weighted by molar-refractivity contribution is 0.517. The van der Waals surface area contributed by atoms with E-state index in [1.807, 2.05) is 0 Å². The average molecular weight is 695 g/mol. The highest BCUT2D eigenvalue weighted by molar-refractivity contribution is 7.08. The monoisotopic (exact) mass is 694 g/mol. The Morgan fingerprint density at radius 2 is 0.761 bits per heavy atom. The molecule has 0 aliphatic rings. The van der Waals surface area contributed by atoms with E-state index >= 15 is 0 Å². The Labute approximate surface area is 271 Å². The molecule has 0 saturated heterocycles. The fraction of sp³-hybridized carbons (Fsp3) is 0.0667. The van der Waals surface area contributed by atoms with Crippen LogP contribution in [0.25, 0.3) is 0 Å². The maximum Gasteiger partial charge on any atom is 0.267 e. The van der Waals surface area contributed by atoms with Gasteiger partial charge in [-0.3, -0.25) is 9.36 Å². The Balaban J connectivity index is 0.00000134. The molecule has 0 radical (unpaired) electrons. The second-order valence-electron chi connectivity index (χ2n) is 10.4. The normalized spacial score (nSPS) is 11.7. The minimum absolute atomic E-state index is 0.179. The molecule has 16 heteroatoms. The first-order valence-corrected chi connectivity index (χ1v) is 19.9. The molecule has 6 aromatic rings. The van der Waals surface area contributed by atoms with Gasteiger partial charge in [0.15, 0.2) is 0 Å². The van der Waals surface area contributed by atoms with Crippen LogP contribution in [-0.2, 0) is 20.6 Å². The molecule has 8 nitrogen and oxygen atoms in total. The molecule has 0 spiro atoms. The Bertz CT molecular complexity index is 1580. The van der Waals surface area contributed by atoms with E-state index in [-0.39, 0.29) is 12.3 Å². The molecule has 2 aromatic heterocycles. The maximum absolute atomic E-state index is 14.3. The quantitative estimate of drug-likeness (QED) is 0.152. The largest absolute Gasteiger partial charge is 0.471 e. The van der Waals surface area contributed by atoms with Crippen molar-refractivity contribution in [1.29, 1.82) is 0 Å². The van der Waals surface area contributed by atoms with Gasteiger partial charge in [-0.15, -0.1) is 0 Å². The van der Waals surface area contributed by atoms with Crippen LogP contribution in [0.5, 0.6) is 0 Å². The summed E-state index contributed by atoms with van der Waals surface area (Å²) in [5.41, 5.74) is 0. The fourth-order valence-electron chi connectivity index (χ4n) is 5.26. The molecule has 0 unspecified atom stereocenters. The zero-order valence-corrected chi connectivity index (χ0v) is 31.0. The van der Waals surface area contributed by atoms with E-state index in [0.29, 0.717) is 20.7 Å². The molecule has 0 aliphatic heterocycles. The summed E-state index contributed by atoms with van der Waals surface area (Å²) in [6, 6.07) is 24.1. The third-order valence-electron chi connectivity index (χ3n) is 7.29. The number of rotatable bonds is 10. The van der Waals surface area contributed by atoms with Crippen molar-refractivity contribution < 1.29 is 25.8 Å². The number of benzene rings is 4. The zero-order chi connectivity index (χ0) is 32.6. The standard InChI is InChI=1S/C30H24F4N6OSi2.H6OSi2/c31-23-1-9-27(10-2-23)42(21-39-19-35-17-37-39,28-11-3-24(32)4-12-28)41-43(22-40-20-36-18-38-40,29-13-5-25(33)6-14-29)30-15-7-26(34)8-16-30;2-1-3/h1-20H,21-22H2;2-3H3. The summed E-state index contributed by atoms with van der Waals surface area (Å²) in [6.07, 6.45) is 6.25. The predicted octanol–water partition coefficient (Wildman–Crippen LogP) is 0.305. The first-order chi connectivity index (χ1) is 22.3. The highest BCUT2D eigenvalue weighted by atomic mass is 28.4. The van der Waals surface area contributed by atoms with Crippen LogP contribution >= 0.6 is 0 Å². The molecule has 0 amide bonds. The van der Waals surface area contributed by atoms with E-state index in [9.17, 15) is 17.6 Å². The molecule has 4 aromatic carbocycles. The summed E-state index contributed by atoms with van der Waals surface area (Å²) in [7, 11) is -5.38. The van der Waals surface area contributed by atoms with Gasteiger partial charge in [0.25, 0.3) is 16.6 Å². The second kappa shape index (κ2) is 14.8. The van der Waals surface area contributed by atoms with Crippen LogP contribution in [0, 0.1) is 23.3 Å². The van der Waals surface area contributed by atoms with Crippen molar-refractivity contribution in [3.63, 3.8) is 0 Å². The van der Waals surface area contributed by atoms with Gasteiger partial charge in [0.2, 0.25) is 0 Å². The van der Waals surface area contributed by atoms with Gasteiger partial charge in [0.1, 0.15) is 69.6 Å². The lowest BCUT2D eigenvalue weighted by Crippen LogP contribution is -2.76. The van der Waals surface area contributed by atoms with E-state index in [1.54, 1.807) is 70.5 Å². The SMILES string of the molecule is Fc1ccc([Si](Cn2cncn2)(O[Si](Cn2cncn2)(c2ccc(F)cc2)c2ccc(F)cc2)c2ccc(F)cc2)cc1.[SiH3]O[SiH3]. The van der Waals surface area contributed by atoms with Crippen molar-refractivity contribution in [2.75, 3.05) is 0 Å². The highest BCUT2D eigenvalue weighted by Crippen LogP contribution is 2.22. The van der Waals surface area contributed by atoms with Crippen LogP contribution in [0.1, 0.15) is 0 Å². The minimum atomic E-state index is -3.62. The first-order valence-electron chi connectivity index (χ1n) is 14.1. The van der Waals surface area contributed by atoms with Crippen LogP contribution in [0.2, 0.25) is 0 Å². The van der Waals surface area contributed by atoms with Crippen molar-refractivity contribution in [3.05, 3.63) is 146 Å². The molecule has 6 rings (SSSR count). The third-order valence-corrected chi connectivity index (χ3v) is 16.7. The van der Waals surface area contributed by atoms with Gasteiger partial charge in [-0.2, -0.15) is 10.2 Å². The number of hydrogen-bond acceptors (Lipinski definition) is 6. The van der Waals surface area contributed by atoms with Gasteiger partial charge in [-0.1, -0.05) is 48.5 Å². The summed E-state index contributed by atoms with van der Waals surface area (Å²) in [6.45, 7) is 0. The van der Waals surface area contributed by atoms with Crippen molar-refractivity contribution in [3.8, 4) is 0 Å². The summed E-state index contributed by atoms with van der Waals surface area (Å²) in [5.74, 6) is -1.74. The summed E-state index contributed by atoms with van der Waals surface area (Å²) >= 11 is 0. The number of nitrogens with zero attached hydrogens (tertiary/aromatic N) is 6. The molecule has 0 atom stereocenters. The summed E-state index contributed by atoms with van der Waals surface area (Å²) < 4.78 is 72.7. The number of hydrogen-bond donors (Lipinski definition) is 0. The smallest absolute Gasteiger partial charge is 0.267 e. The molecule has 0 aliphatic carbocycles. The molecule has 236 valence electrons. The number of aromatic nitrogens is 6. The molecule has 0 bridgehead atoms. The van der Waals surface area contributed by atoms with Gasteiger partial charge in [-0.05, 0) is 69.3 Å². The fourth-order valence-corrected chi connectivity index (χ4v) is 15.5. The van der Waals surface area contributed by atoms with E-state index in [4.69, 9.17) is 4.12 Å². The van der Waals surface area contributed by atoms with Gasteiger partial charge in [0, 0.05) is 0 Å². The van der Waals surface area contributed by atoms with E-state index in [2.05, 4.69) is 24.3 Å². The van der Waals surface area contributed by atoms with E-state index < -0.39 is 39.9 Å². The van der Waals surface area contributed by atoms with Crippen molar-refractivity contribution >= 4 is 58.4 Å². The van der Waals surface area contributed by atoms with Crippen LogP contribution in [0.15, 0.2) is 122 Å². The molecule has 0 fully saturated rings. The van der Waals surface area contributed by atoms with Gasteiger partial charge >= 0.3 is 0 Å². The van der Waals surface area contributed by atoms with Gasteiger partial charge < -0.3 is 8.23 Å². The van der Waals surface area contributed by atoms with Gasteiger partial charge in [-0.25, -0.2) is 27.5 Å². The Hall–Kier alpha value is -4.33. The summed E-state index contributed by atoms with van der Waals surface area (Å²) in [5, 5.41) is 11.4. The zero-order valence-electron chi connectivity index (χ0n) is 25.0. The predicted molar refractivity (Wildman–Crippen MR) is 178 cm³/mol. The molecule has 46 heavy (non-hydrogen) atoms. The highest BCUT2D eigenvalue weighted by Gasteiger charge is 2.52. The van der Waals surface area contributed by atoms with Crippen molar-refractivity contribution in [2.45, 2.75) is 12.3 Å². The molecule has 0 saturated carbocycles. The van der Waals surface area contributed by atoms with Crippen LogP contribution in [-0.4, -0.2) is 67.1 Å². The average Bonchev–Trinajstić information content (AvgIpc) is 3.77. The van der Waals surface area contributed by atoms with E-state index in [0.717, 1.165) is 21.0 Å². The molecular formula is C30H30F4N6O2Si4. The Morgan fingerprint density at radius 1 is 0.500 bits per heavy atom. The lowest BCUT2D eigenvalue weighted by Gasteiger charge is -2.43. The molecular weight excluding hydrogens is 665 g/mol. The van der Waals surface area contributed by atoms with Crippen LogP contribution in [0.3, 0.4) is 0 Å². The van der Waals surface area contributed by atoms with Crippen molar-refractivity contribution in [2.24, 2.45) is 0 Å². The first kappa shape index (κ1) is 33.0. The van der Waals surface area contributed by atoms with Gasteiger partial charge in [0.05, 0.1) is 12.3 Å². The van der Waals surface area contributed by atoms with E-state index in [1.165, 1.54) is 61.2 Å². The topological polar surface area (TPSA) is 79.9 Å². The minimum Gasteiger partial charge on any atom is -0.471 e. The maximum atomic E-state index is 14.3. The number of halogens is 4. The second-order valence-corrected chi connectivity index (χ2v) is 20.7. The Kier molecular flexibility index (Phi) is 10.7. The lowest BCUT2D eigenvalue weighted by atomic mass is 10.3. The van der Waals surface area contributed by atoms with Crippen LogP contribution < -0.4 is 20.7 Å².